The van der Waals surface area contributed by atoms with Crippen molar-refractivity contribution in [3.05, 3.63) is 77.1 Å². The van der Waals surface area contributed by atoms with E-state index in [9.17, 15) is 22.8 Å². The lowest BCUT2D eigenvalue weighted by molar-refractivity contribution is -0.141. The first-order valence-corrected chi connectivity index (χ1v) is 11.3. The van der Waals surface area contributed by atoms with Gasteiger partial charge in [-0.25, -0.2) is 0 Å². The Morgan fingerprint density at radius 2 is 1.66 bits per heavy atom. The number of rotatable bonds is 4. The van der Waals surface area contributed by atoms with Crippen LogP contribution in [-0.4, -0.2) is 38.6 Å². The van der Waals surface area contributed by atoms with Crippen LogP contribution in [0.5, 0.6) is 0 Å². The smallest absolute Gasteiger partial charge is 0.349 e. The minimum Gasteiger partial charge on any atom is -0.349 e. The second kappa shape index (κ2) is 8.87. The molecule has 1 N–H and O–H groups in total. The van der Waals surface area contributed by atoms with E-state index in [4.69, 9.17) is 0 Å². The summed E-state index contributed by atoms with van der Waals surface area (Å²) in [6.07, 6.45) is -4.35. The Hall–Kier alpha value is -3.62. The molecule has 3 aromatic rings. The molecule has 1 aliphatic heterocycles. The summed E-state index contributed by atoms with van der Waals surface area (Å²) < 4.78 is 43.0. The van der Waals surface area contributed by atoms with Crippen LogP contribution in [0.2, 0.25) is 0 Å². The molecule has 35 heavy (non-hydrogen) atoms. The maximum Gasteiger partial charge on any atom is 0.435 e. The SMILES string of the molecule is Cn1nc(C(F)(F)F)c2c1C(=O)N(CCc1ccccc1)C(C(=O)NC(C)(C)C)c1ccccc1-2. The second-order valence-electron chi connectivity index (χ2n) is 9.66. The van der Waals surface area contributed by atoms with Crippen LogP contribution in [0, 0.1) is 0 Å². The van der Waals surface area contributed by atoms with Crippen molar-refractivity contribution in [2.24, 2.45) is 7.05 Å². The summed E-state index contributed by atoms with van der Waals surface area (Å²) in [4.78, 5) is 28.8. The number of aryl methyl sites for hydroxylation is 1. The fourth-order valence-electron chi connectivity index (χ4n) is 4.45. The summed E-state index contributed by atoms with van der Waals surface area (Å²) in [5.74, 6) is -1.13. The Labute approximate surface area is 201 Å². The molecule has 0 saturated carbocycles. The molecule has 9 heteroatoms. The van der Waals surface area contributed by atoms with E-state index in [2.05, 4.69) is 10.4 Å². The summed E-state index contributed by atoms with van der Waals surface area (Å²) in [5, 5.41) is 6.59. The van der Waals surface area contributed by atoms with Gasteiger partial charge in [0.2, 0.25) is 5.91 Å². The predicted octanol–water partition coefficient (Wildman–Crippen LogP) is 4.76. The number of carbonyl (C=O) groups is 2. The van der Waals surface area contributed by atoms with Crippen LogP contribution in [0.15, 0.2) is 54.6 Å². The van der Waals surface area contributed by atoms with Gasteiger partial charge < -0.3 is 10.2 Å². The van der Waals surface area contributed by atoms with E-state index in [1.54, 1.807) is 18.2 Å². The van der Waals surface area contributed by atoms with Gasteiger partial charge in [-0.15, -0.1) is 0 Å². The molecule has 2 heterocycles. The van der Waals surface area contributed by atoms with Crippen LogP contribution in [0.4, 0.5) is 13.2 Å². The van der Waals surface area contributed by atoms with Crippen molar-refractivity contribution < 1.29 is 22.8 Å². The van der Waals surface area contributed by atoms with E-state index in [0.29, 0.717) is 12.0 Å². The fraction of sp³-hybridized carbons (Fsp3) is 0.346. The van der Waals surface area contributed by atoms with Crippen molar-refractivity contribution in [1.82, 2.24) is 20.0 Å². The highest BCUT2D eigenvalue weighted by Crippen LogP contribution is 2.44. The molecule has 2 aromatic carbocycles. The van der Waals surface area contributed by atoms with Gasteiger partial charge in [-0.2, -0.15) is 18.3 Å². The number of nitrogens with zero attached hydrogens (tertiary/aromatic N) is 3. The molecule has 0 bridgehead atoms. The molecule has 0 fully saturated rings. The Bertz CT molecular complexity index is 1260. The van der Waals surface area contributed by atoms with Crippen molar-refractivity contribution in [2.45, 2.75) is 44.9 Å². The van der Waals surface area contributed by atoms with Crippen LogP contribution >= 0.6 is 0 Å². The number of amides is 2. The second-order valence-corrected chi connectivity index (χ2v) is 9.66. The molecule has 6 nitrogen and oxygen atoms in total. The third-order valence-electron chi connectivity index (χ3n) is 5.85. The third-order valence-corrected chi connectivity index (χ3v) is 5.85. The van der Waals surface area contributed by atoms with Gasteiger partial charge in [0.15, 0.2) is 5.69 Å². The number of hydrogen-bond acceptors (Lipinski definition) is 3. The number of alkyl halides is 3. The fourth-order valence-corrected chi connectivity index (χ4v) is 4.45. The molecule has 4 rings (SSSR count). The van der Waals surface area contributed by atoms with Crippen molar-refractivity contribution in [3.63, 3.8) is 0 Å². The predicted molar refractivity (Wildman–Crippen MR) is 125 cm³/mol. The average Bonchev–Trinajstić information content (AvgIpc) is 3.08. The quantitative estimate of drug-likeness (QED) is 0.581. The van der Waals surface area contributed by atoms with E-state index in [-0.39, 0.29) is 23.4 Å². The Kier molecular flexibility index (Phi) is 6.21. The molecule has 184 valence electrons. The van der Waals surface area contributed by atoms with Crippen LogP contribution in [-0.2, 0) is 24.4 Å². The lowest BCUT2D eigenvalue weighted by Crippen LogP contribution is -2.49. The lowest BCUT2D eigenvalue weighted by atomic mass is 9.93. The van der Waals surface area contributed by atoms with Crippen molar-refractivity contribution >= 4 is 11.8 Å². The van der Waals surface area contributed by atoms with Crippen molar-refractivity contribution in [2.75, 3.05) is 6.54 Å². The number of hydrogen-bond donors (Lipinski definition) is 1. The summed E-state index contributed by atoms with van der Waals surface area (Å²) >= 11 is 0. The molecule has 1 unspecified atom stereocenters. The van der Waals surface area contributed by atoms with E-state index < -0.39 is 35.3 Å². The zero-order valence-corrected chi connectivity index (χ0v) is 20.0. The Morgan fingerprint density at radius 1 is 1.03 bits per heavy atom. The molecule has 0 aliphatic carbocycles. The largest absolute Gasteiger partial charge is 0.435 e. The molecular weight excluding hydrogens is 457 g/mol. The minimum atomic E-state index is -4.78. The van der Waals surface area contributed by atoms with Crippen LogP contribution in [0.1, 0.15) is 54.1 Å². The number of halogens is 3. The van der Waals surface area contributed by atoms with E-state index in [1.807, 2.05) is 51.1 Å². The normalized spacial score (nSPS) is 15.9. The zero-order chi connectivity index (χ0) is 25.5. The number of benzene rings is 2. The molecule has 0 saturated heterocycles. The summed E-state index contributed by atoms with van der Waals surface area (Å²) in [5.41, 5.74) is -0.802. The van der Waals surface area contributed by atoms with Crippen molar-refractivity contribution in [1.29, 1.82) is 0 Å². The first-order chi connectivity index (χ1) is 16.4. The summed E-state index contributed by atoms with van der Waals surface area (Å²) in [7, 11) is 1.32. The molecule has 1 aromatic heterocycles. The first kappa shape index (κ1) is 24.5. The molecule has 0 radical (unpaired) electrons. The molecule has 1 aliphatic rings. The van der Waals surface area contributed by atoms with Gasteiger partial charge in [0.1, 0.15) is 11.7 Å². The van der Waals surface area contributed by atoms with E-state index in [1.165, 1.54) is 18.0 Å². The first-order valence-electron chi connectivity index (χ1n) is 11.3. The van der Waals surface area contributed by atoms with E-state index >= 15 is 0 Å². The molecule has 1 atom stereocenters. The zero-order valence-electron chi connectivity index (χ0n) is 20.0. The Morgan fingerprint density at radius 3 is 2.29 bits per heavy atom. The van der Waals surface area contributed by atoms with Crippen LogP contribution in [0.3, 0.4) is 0 Å². The molecular formula is C26H27F3N4O2. The van der Waals surface area contributed by atoms with Gasteiger partial charge in [-0.05, 0) is 43.9 Å². The average molecular weight is 485 g/mol. The number of nitrogens with one attached hydrogen (secondary N) is 1. The number of carbonyl (C=O) groups excluding carboxylic acids is 2. The maximum atomic E-state index is 14.0. The molecule has 0 spiro atoms. The van der Waals surface area contributed by atoms with Gasteiger partial charge in [-0.1, -0.05) is 54.6 Å². The van der Waals surface area contributed by atoms with Gasteiger partial charge in [0.05, 0.1) is 0 Å². The highest BCUT2D eigenvalue weighted by Gasteiger charge is 2.46. The van der Waals surface area contributed by atoms with Crippen LogP contribution < -0.4 is 5.32 Å². The standard InChI is InChI=1S/C26H27F3N4O2/c1-25(2,3)30-23(34)20-18-13-9-8-12-17(18)19-21(32(4)31-22(19)26(27,28)29)24(35)33(20)15-14-16-10-6-5-7-11-16/h5-13,20H,14-15H2,1-4H3,(H,30,34). The Balaban J connectivity index is 1.93. The minimum absolute atomic E-state index is 0.130. The summed E-state index contributed by atoms with van der Waals surface area (Å²) in [6, 6.07) is 14.7. The van der Waals surface area contributed by atoms with Gasteiger partial charge in [0, 0.05) is 24.7 Å². The number of fused-ring (bicyclic) bond motifs is 3. The maximum absolute atomic E-state index is 14.0. The highest BCUT2D eigenvalue weighted by molar-refractivity contribution is 6.05. The van der Waals surface area contributed by atoms with E-state index in [0.717, 1.165) is 10.2 Å². The van der Waals surface area contributed by atoms with Crippen LogP contribution in [0.25, 0.3) is 11.1 Å². The summed E-state index contributed by atoms with van der Waals surface area (Å²) in [6.45, 7) is 5.56. The van der Waals surface area contributed by atoms with Gasteiger partial charge >= 0.3 is 6.18 Å². The number of aromatic nitrogens is 2. The van der Waals surface area contributed by atoms with Gasteiger partial charge in [-0.3, -0.25) is 14.3 Å². The monoisotopic (exact) mass is 484 g/mol. The van der Waals surface area contributed by atoms with Gasteiger partial charge in [0.25, 0.3) is 5.91 Å². The molecule has 2 amide bonds. The lowest BCUT2D eigenvalue weighted by Gasteiger charge is -2.33. The highest BCUT2D eigenvalue weighted by atomic mass is 19.4. The topological polar surface area (TPSA) is 67.2 Å². The third kappa shape index (κ3) is 4.80. The van der Waals surface area contributed by atoms with Crippen molar-refractivity contribution in [3.8, 4) is 11.1 Å².